The number of nitrogens with one attached hydrogen (secondary N) is 3. The normalized spacial score (nSPS) is 17.7. The number of rotatable bonds is 13. The first kappa shape index (κ1) is 29.0. The summed E-state index contributed by atoms with van der Waals surface area (Å²) >= 11 is 1.31. The molecule has 3 atom stereocenters. The van der Waals surface area contributed by atoms with Gasteiger partial charge in [-0.3, -0.25) is 19.8 Å². The summed E-state index contributed by atoms with van der Waals surface area (Å²) in [6, 6.07) is 9.31. The van der Waals surface area contributed by atoms with E-state index in [0.717, 1.165) is 9.78 Å². The molecule has 1 saturated heterocycles. The topological polar surface area (TPSA) is 147 Å². The lowest BCUT2D eigenvalue weighted by atomic mass is 10.1. The molecule has 3 amide bonds. The number of thiophene rings is 1. The molecule has 10 nitrogen and oxygen atoms in total. The highest BCUT2D eigenvalue weighted by Crippen LogP contribution is 2.25. The second kappa shape index (κ2) is 13.8. The van der Waals surface area contributed by atoms with Crippen molar-refractivity contribution in [1.29, 1.82) is 5.41 Å². The number of ether oxygens (including phenoxy) is 2. The van der Waals surface area contributed by atoms with E-state index in [1.54, 1.807) is 30.5 Å². The van der Waals surface area contributed by atoms with E-state index in [9.17, 15) is 23.2 Å². The summed E-state index contributed by atoms with van der Waals surface area (Å²) in [5, 5.41) is 14.5. The number of hydrogen-bond donors (Lipinski definition) is 4. The third kappa shape index (κ3) is 8.48. The van der Waals surface area contributed by atoms with E-state index in [1.807, 2.05) is 18.2 Å². The molecule has 1 aromatic carbocycles. The number of benzene rings is 1. The number of nitrogen functional groups attached to an aromatic ring is 1. The van der Waals surface area contributed by atoms with Gasteiger partial charge in [0.05, 0.1) is 25.3 Å². The standard InChI is InChI=1S/C25H31F2N5O5S/c1-15(20-10-16(14-38-20)23(28)29)31-24(35)19-11-18(37-25(26)27)13-32(19)22(34)12-30-21(33)8-5-9-36-17-6-3-2-4-7-17/h2-4,6-7,10,14-15,18-19,25H,5,8-9,11-13H2,1H3,(H3,28,29)(H,30,33)(H,31,35)/t15-,18-,19+/m1/s1. The Kier molecular flexibility index (Phi) is 10.5. The highest BCUT2D eigenvalue weighted by molar-refractivity contribution is 7.10. The Morgan fingerprint density at radius 3 is 2.66 bits per heavy atom. The summed E-state index contributed by atoms with van der Waals surface area (Å²) in [4.78, 5) is 40.0. The summed E-state index contributed by atoms with van der Waals surface area (Å²) in [6.07, 6.45) is -0.577. The van der Waals surface area contributed by atoms with Crippen LogP contribution in [0.25, 0.3) is 0 Å². The van der Waals surface area contributed by atoms with Crippen molar-refractivity contribution in [2.75, 3.05) is 19.7 Å². The Morgan fingerprint density at radius 2 is 2.00 bits per heavy atom. The third-order valence-corrected chi connectivity index (χ3v) is 7.01. The lowest BCUT2D eigenvalue weighted by Gasteiger charge is -2.25. The van der Waals surface area contributed by atoms with E-state index >= 15 is 0 Å². The van der Waals surface area contributed by atoms with E-state index in [1.165, 1.54) is 11.3 Å². The molecule has 0 radical (unpaired) electrons. The number of para-hydroxylation sites is 1. The number of amides is 3. The van der Waals surface area contributed by atoms with Gasteiger partial charge in [0.15, 0.2) is 0 Å². The number of nitrogens with two attached hydrogens (primary N) is 1. The minimum absolute atomic E-state index is 0.101. The molecular weight excluding hydrogens is 520 g/mol. The zero-order chi connectivity index (χ0) is 27.7. The van der Waals surface area contributed by atoms with Crippen LogP contribution in [-0.2, 0) is 19.1 Å². The predicted octanol–water partition coefficient (Wildman–Crippen LogP) is 2.39. The van der Waals surface area contributed by atoms with Crippen molar-refractivity contribution in [2.24, 2.45) is 5.73 Å². The highest BCUT2D eigenvalue weighted by Gasteiger charge is 2.41. The maximum Gasteiger partial charge on any atom is 0.345 e. The van der Waals surface area contributed by atoms with Gasteiger partial charge in [0.1, 0.15) is 17.6 Å². The molecule has 2 heterocycles. The molecule has 2 aromatic rings. The van der Waals surface area contributed by atoms with Crippen LogP contribution in [0.3, 0.4) is 0 Å². The number of hydrogen-bond acceptors (Lipinski definition) is 7. The largest absolute Gasteiger partial charge is 0.494 e. The molecule has 0 bridgehead atoms. The molecule has 3 rings (SSSR count). The minimum Gasteiger partial charge on any atom is -0.494 e. The van der Waals surface area contributed by atoms with E-state index in [2.05, 4.69) is 15.4 Å². The van der Waals surface area contributed by atoms with Gasteiger partial charge in [-0.25, -0.2) is 0 Å². The van der Waals surface area contributed by atoms with Crippen molar-refractivity contribution in [3.63, 3.8) is 0 Å². The Morgan fingerprint density at radius 1 is 1.26 bits per heavy atom. The van der Waals surface area contributed by atoms with Gasteiger partial charge in [0.25, 0.3) is 0 Å². The Balaban J connectivity index is 1.52. The van der Waals surface area contributed by atoms with Crippen LogP contribution in [0, 0.1) is 5.41 Å². The van der Waals surface area contributed by atoms with Gasteiger partial charge >= 0.3 is 6.61 Å². The molecule has 0 unspecified atom stereocenters. The monoisotopic (exact) mass is 551 g/mol. The molecule has 0 spiro atoms. The van der Waals surface area contributed by atoms with Gasteiger partial charge in [0, 0.05) is 35.2 Å². The molecule has 5 N–H and O–H groups in total. The molecule has 1 aromatic heterocycles. The fourth-order valence-electron chi connectivity index (χ4n) is 3.97. The smallest absolute Gasteiger partial charge is 0.345 e. The van der Waals surface area contributed by atoms with Gasteiger partial charge in [0.2, 0.25) is 17.7 Å². The van der Waals surface area contributed by atoms with Crippen molar-refractivity contribution in [2.45, 2.75) is 51.0 Å². The fraction of sp³-hybridized carbons (Fsp3) is 0.440. The molecule has 13 heteroatoms. The molecule has 1 aliphatic rings. The van der Waals surface area contributed by atoms with Crippen LogP contribution in [0.15, 0.2) is 41.8 Å². The van der Waals surface area contributed by atoms with Crippen molar-refractivity contribution in [3.05, 3.63) is 52.2 Å². The third-order valence-electron chi connectivity index (χ3n) is 5.89. The fourth-order valence-corrected chi connectivity index (χ4v) is 4.89. The molecular formula is C25H31F2N5O5S. The Bertz CT molecular complexity index is 1120. The van der Waals surface area contributed by atoms with Crippen LogP contribution < -0.4 is 21.1 Å². The van der Waals surface area contributed by atoms with E-state index < -0.39 is 36.6 Å². The number of carbonyl (C=O) groups is 3. The summed E-state index contributed by atoms with van der Waals surface area (Å²) in [5.74, 6) is -0.898. The summed E-state index contributed by atoms with van der Waals surface area (Å²) in [6.45, 7) is -1.59. The summed E-state index contributed by atoms with van der Waals surface area (Å²) in [5.41, 5.74) is 6.01. The van der Waals surface area contributed by atoms with Crippen molar-refractivity contribution >= 4 is 34.9 Å². The van der Waals surface area contributed by atoms with Crippen molar-refractivity contribution < 1.29 is 32.6 Å². The highest BCUT2D eigenvalue weighted by atomic mass is 32.1. The summed E-state index contributed by atoms with van der Waals surface area (Å²) < 4.78 is 35.8. The molecule has 0 saturated carbocycles. The maximum atomic E-state index is 13.0. The quantitative estimate of drug-likeness (QED) is 0.171. The molecule has 206 valence electrons. The van der Waals surface area contributed by atoms with E-state index in [4.69, 9.17) is 15.9 Å². The van der Waals surface area contributed by atoms with Gasteiger partial charge < -0.3 is 30.7 Å². The number of nitrogens with zero attached hydrogens (tertiary/aromatic N) is 1. The maximum absolute atomic E-state index is 13.0. The minimum atomic E-state index is -3.05. The van der Waals surface area contributed by atoms with Crippen molar-refractivity contribution in [3.8, 4) is 5.75 Å². The number of halogens is 2. The van der Waals surface area contributed by atoms with Gasteiger partial charge in [-0.1, -0.05) is 18.2 Å². The van der Waals surface area contributed by atoms with Gasteiger partial charge in [-0.05, 0) is 31.5 Å². The van der Waals surface area contributed by atoms with Crippen molar-refractivity contribution in [1.82, 2.24) is 15.5 Å². The number of amidine groups is 1. The van der Waals surface area contributed by atoms with Crippen LogP contribution in [-0.4, -0.2) is 66.9 Å². The lowest BCUT2D eigenvalue weighted by Crippen LogP contribution is -2.49. The summed E-state index contributed by atoms with van der Waals surface area (Å²) in [7, 11) is 0. The lowest BCUT2D eigenvalue weighted by molar-refractivity contribution is -0.160. The number of carbonyl (C=O) groups excluding carboxylic acids is 3. The first-order chi connectivity index (χ1) is 18.1. The van der Waals surface area contributed by atoms with Gasteiger partial charge in [-0.15, -0.1) is 11.3 Å². The second-order valence-corrected chi connectivity index (χ2v) is 9.68. The van der Waals surface area contributed by atoms with Crippen LogP contribution in [0.4, 0.5) is 8.78 Å². The van der Waals surface area contributed by atoms with Crippen LogP contribution in [0.5, 0.6) is 5.75 Å². The molecule has 1 aliphatic heterocycles. The van der Waals surface area contributed by atoms with Crippen LogP contribution >= 0.6 is 11.3 Å². The number of likely N-dealkylation sites (tertiary alicyclic amines) is 1. The zero-order valence-corrected chi connectivity index (χ0v) is 21.6. The average molecular weight is 552 g/mol. The number of alkyl halides is 2. The Labute approximate surface area is 223 Å². The van der Waals surface area contributed by atoms with Crippen LogP contribution in [0.2, 0.25) is 0 Å². The van der Waals surface area contributed by atoms with Gasteiger partial charge in [-0.2, -0.15) is 8.78 Å². The SMILES string of the molecule is C[C@@H](NC(=O)[C@@H]1C[C@@H](OC(F)F)CN1C(=O)CNC(=O)CCCOc1ccccc1)c1cc(C(=N)N)cs1. The van der Waals surface area contributed by atoms with Crippen LogP contribution in [0.1, 0.15) is 42.7 Å². The Hall–Kier alpha value is -3.58. The molecule has 1 fully saturated rings. The van der Waals surface area contributed by atoms with E-state index in [-0.39, 0.29) is 37.7 Å². The predicted molar refractivity (Wildman–Crippen MR) is 137 cm³/mol. The first-order valence-electron chi connectivity index (χ1n) is 12.0. The molecule has 0 aliphatic carbocycles. The molecule has 38 heavy (non-hydrogen) atoms. The average Bonchev–Trinajstić information content (AvgIpc) is 3.54. The zero-order valence-electron chi connectivity index (χ0n) is 20.8. The second-order valence-electron chi connectivity index (χ2n) is 8.74. The van der Waals surface area contributed by atoms with E-state index in [0.29, 0.717) is 24.3 Å². The first-order valence-corrected chi connectivity index (χ1v) is 12.9.